The van der Waals surface area contributed by atoms with Crippen molar-refractivity contribution in [2.45, 2.75) is 30.7 Å². The number of methoxy groups -OCH3 is 2. The van der Waals surface area contributed by atoms with Crippen LogP contribution in [0, 0.1) is 0 Å². The largest absolute Gasteiger partial charge is 0.493 e. The second kappa shape index (κ2) is 10.4. The van der Waals surface area contributed by atoms with Crippen molar-refractivity contribution in [2.24, 2.45) is 0 Å². The van der Waals surface area contributed by atoms with Crippen LogP contribution in [0.4, 0.5) is 11.5 Å². The van der Waals surface area contributed by atoms with E-state index >= 15 is 0 Å². The third kappa shape index (κ3) is 4.98. The Labute approximate surface area is 205 Å². The zero-order valence-electron chi connectivity index (χ0n) is 18.2. The van der Waals surface area contributed by atoms with Gasteiger partial charge in [0.2, 0.25) is 0 Å². The molecule has 12 heteroatoms. The molecule has 0 unspecified atom stereocenters. The van der Waals surface area contributed by atoms with E-state index in [1.165, 1.54) is 20.5 Å². The van der Waals surface area contributed by atoms with E-state index in [0.29, 0.717) is 44.0 Å². The number of rotatable bonds is 7. The van der Waals surface area contributed by atoms with Crippen LogP contribution in [-0.4, -0.2) is 76.8 Å². The van der Waals surface area contributed by atoms with Gasteiger partial charge in [-0.05, 0) is 24.3 Å². The summed E-state index contributed by atoms with van der Waals surface area (Å²) in [6, 6.07) is 8.49. The molecule has 4 N–H and O–H groups in total. The predicted octanol–water partition coefficient (Wildman–Crippen LogP) is 2.52. The Balaban J connectivity index is 1.58. The highest BCUT2D eigenvalue weighted by atomic mass is 35.5. The first kappa shape index (κ1) is 24.7. The van der Waals surface area contributed by atoms with E-state index in [1.54, 1.807) is 30.3 Å². The number of aromatic nitrogens is 2. The Morgan fingerprint density at radius 1 is 0.971 bits per heavy atom. The molecule has 4 rings (SSSR count). The van der Waals surface area contributed by atoms with Gasteiger partial charge in [-0.2, -0.15) is 0 Å². The van der Waals surface area contributed by atoms with E-state index in [0.717, 1.165) is 0 Å². The molecule has 1 aliphatic heterocycles. The maximum Gasteiger partial charge on any atom is 0.186 e. The third-order valence-corrected chi connectivity index (χ3v) is 6.15. The van der Waals surface area contributed by atoms with Gasteiger partial charge in [0.05, 0.1) is 22.7 Å². The summed E-state index contributed by atoms with van der Waals surface area (Å²) in [6.07, 6.45) is -4.88. The van der Waals surface area contributed by atoms with Crippen LogP contribution in [0.5, 0.6) is 11.5 Å². The van der Waals surface area contributed by atoms with Crippen molar-refractivity contribution in [1.82, 2.24) is 9.97 Å². The molecule has 1 aliphatic rings. The number of ether oxygens (including phenoxy) is 4. The molecule has 0 bridgehead atoms. The second-order valence-electron chi connectivity index (χ2n) is 7.56. The van der Waals surface area contributed by atoms with Gasteiger partial charge in [0.1, 0.15) is 43.2 Å². The lowest BCUT2D eigenvalue weighted by Gasteiger charge is -2.39. The summed E-state index contributed by atoms with van der Waals surface area (Å²) >= 11 is 12.1. The Morgan fingerprint density at radius 3 is 2.47 bits per heavy atom. The van der Waals surface area contributed by atoms with Crippen molar-refractivity contribution >= 4 is 45.6 Å². The monoisotopic (exact) mass is 511 g/mol. The highest BCUT2D eigenvalue weighted by Crippen LogP contribution is 2.36. The standard InChI is InChI=1S/C22H23Cl2N3O7/c1-31-15-6-11-14(25-9-26-21(11)27-10-3-4-12(23)13(24)5-10)7-16(15)33-8-17-18(28)19(29)20(30)22(32-2)34-17/h3-7,9,17-20,22,28-30H,8H2,1-2H3,(H,25,26,27)/t17-,18-,19+,20-,22+/m1/s1. The van der Waals surface area contributed by atoms with Crippen LogP contribution in [0.25, 0.3) is 10.9 Å². The summed E-state index contributed by atoms with van der Waals surface area (Å²) in [6.45, 7) is -0.147. The summed E-state index contributed by atoms with van der Waals surface area (Å²) in [5.41, 5.74) is 1.24. The number of aliphatic hydroxyl groups excluding tert-OH is 3. The number of hydrogen-bond donors (Lipinski definition) is 4. The number of benzene rings is 2. The van der Waals surface area contributed by atoms with E-state index in [4.69, 9.17) is 42.1 Å². The molecule has 0 radical (unpaired) electrons. The van der Waals surface area contributed by atoms with Crippen LogP contribution in [0.15, 0.2) is 36.7 Å². The highest BCUT2D eigenvalue weighted by molar-refractivity contribution is 6.42. The quantitative estimate of drug-likeness (QED) is 0.374. The molecule has 3 aromatic rings. The van der Waals surface area contributed by atoms with Crippen LogP contribution in [0.2, 0.25) is 10.0 Å². The molecule has 182 valence electrons. The molecule has 2 aromatic carbocycles. The smallest absolute Gasteiger partial charge is 0.186 e. The summed E-state index contributed by atoms with van der Waals surface area (Å²) in [7, 11) is 2.81. The van der Waals surface area contributed by atoms with Crippen molar-refractivity contribution in [3.8, 4) is 11.5 Å². The minimum atomic E-state index is -1.45. The minimum absolute atomic E-state index is 0.147. The number of anilines is 2. The SMILES string of the molecule is COc1cc2c(Nc3ccc(Cl)c(Cl)c3)ncnc2cc1OC[C@H]1O[C@H](OC)[C@H](O)[C@@H](O)[C@@H]1O. The number of halogens is 2. The van der Waals surface area contributed by atoms with Gasteiger partial charge in [0.25, 0.3) is 0 Å². The molecule has 10 nitrogen and oxygen atoms in total. The molecule has 0 spiro atoms. The zero-order valence-corrected chi connectivity index (χ0v) is 19.7. The molecule has 1 fully saturated rings. The van der Waals surface area contributed by atoms with Crippen molar-refractivity contribution < 1.29 is 34.3 Å². The normalized spacial score (nSPS) is 24.7. The summed E-state index contributed by atoms with van der Waals surface area (Å²) in [5, 5.41) is 34.9. The minimum Gasteiger partial charge on any atom is -0.493 e. The predicted molar refractivity (Wildman–Crippen MR) is 125 cm³/mol. The lowest BCUT2D eigenvalue weighted by atomic mass is 9.99. The molecule has 1 saturated heterocycles. The molecule has 0 amide bonds. The average molecular weight is 512 g/mol. The Kier molecular flexibility index (Phi) is 7.58. The van der Waals surface area contributed by atoms with Crippen molar-refractivity contribution in [3.63, 3.8) is 0 Å². The van der Waals surface area contributed by atoms with Gasteiger partial charge in [0, 0.05) is 24.2 Å². The van der Waals surface area contributed by atoms with E-state index in [2.05, 4.69) is 15.3 Å². The van der Waals surface area contributed by atoms with Gasteiger partial charge in [-0.25, -0.2) is 9.97 Å². The number of nitrogens with zero attached hydrogens (tertiary/aromatic N) is 2. The Bertz CT molecular complexity index is 1170. The van der Waals surface area contributed by atoms with E-state index in [-0.39, 0.29) is 6.61 Å². The van der Waals surface area contributed by atoms with Crippen LogP contribution < -0.4 is 14.8 Å². The molecule has 0 aliphatic carbocycles. The zero-order chi connectivity index (χ0) is 24.4. The number of aliphatic hydroxyl groups is 3. The fourth-order valence-electron chi connectivity index (χ4n) is 3.57. The first-order valence-corrected chi connectivity index (χ1v) is 11.0. The second-order valence-corrected chi connectivity index (χ2v) is 8.37. The number of nitrogens with one attached hydrogen (secondary N) is 1. The topological polar surface area (TPSA) is 135 Å². The van der Waals surface area contributed by atoms with Crippen LogP contribution >= 0.6 is 23.2 Å². The maximum absolute atomic E-state index is 10.3. The molecule has 5 atom stereocenters. The molecule has 1 aromatic heterocycles. The fourth-order valence-corrected chi connectivity index (χ4v) is 3.87. The molecular weight excluding hydrogens is 489 g/mol. The highest BCUT2D eigenvalue weighted by Gasteiger charge is 2.44. The first-order valence-electron chi connectivity index (χ1n) is 10.2. The Hall–Kier alpha value is -2.44. The lowest BCUT2D eigenvalue weighted by Crippen LogP contribution is -2.59. The van der Waals surface area contributed by atoms with E-state index in [9.17, 15) is 15.3 Å². The summed E-state index contributed by atoms with van der Waals surface area (Å²) in [5.74, 6) is 1.23. The van der Waals surface area contributed by atoms with Crippen LogP contribution in [0.3, 0.4) is 0 Å². The van der Waals surface area contributed by atoms with Crippen molar-refractivity contribution in [2.75, 3.05) is 26.1 Å². The van der Waals surface area contributed by atoms with Gasteiger partial charge >= 0.3 is 0 Å². The fraction of sp³-hybridized carbons (Fsp3) is 0.364. The molecule has 0 saturated carbocycles. The lowest BCUT2D eigenvalue weighted by molar-refractivity contribution is -0.293. The third-order valence-electron chi connectivity index (χ3n) is 5.41. The van der Waals surface area contributed by atoms with Crippen molar-refractivity contribution in [1.29, 1.82) is 0 Å². The van der Waals surface area contributed by atoms with E-state index < -0.39 is 30.7 Å². The van der Waals surface area contributed by atoms with Crippen molar-refractivity contribution in [3.05, 3.63) is 46.7 Å². The molecular formula is C22H23Cl2N3O7. The van der Waals surface area contributed by atoms with Crippen LogP contribution in [-0.2, 0) is 9.47 Å². The summed E-state index contributed by atoms with van der Waals surface area (Å²) < 4.78 is 21.8. The molecule has 2 heterocycles. The van der Waals surface area contributed by atoms with Gasteiger partial charge in [-0.1, -0.05) is 23.2 Å². The van der Waals surface area contributed by atoms with Gasteiger partial charge < -0.3 is 39.6 Å². The Morgan fingerprint density at radius 2 is 1.76 bits per heavy atom. The van der Waals surface area contributed by atoms with Gasteiger partial charge in [-0.3, -0.25) is 0 Å². The number of hydrogen-bond acceptors (Lipinski definition) is 10. The van der Waals surface area contributed by atoms with Gasteiger partial charge in [-0.15, -0.1) is 0 Å². The molecule has 34 heavy (non-hydrogen) atoms. The van der Waals surface area contributed by atoms with E-state index in [1.807, 2.05) is 0 Å². The first-order chi connectivity index (χ1) is 16.3. The maximum atomic E-state index is 10.3. The van der Waals surface area contributed by atoms with Gasteiger partial charge in [0.15, 0.2) is 17.8 Å². The average Bonchev–Trinajstić information content (AvgIpc) is 2.84. The summed E-state index contributed by atoms with van der Waals surface area (Å²) in [4.78, 5) is 8.61. The van der Waals surface area contributed by atoms with Crippen LogP contribution in [0.1, 0.15) is 0 Å². The number of fused-ring (bicyclic) bond motifs is 1.